The van der Waals surface area contributed by atoms with Gasteiger partial charge in [-0.15, -0.1) is 11.8 Å². The van der Waals surface area contributed by atoms with Gasteiger partial charge in [0, 0.05) is 18.7 Å². The van der Waals surface area contributed by atoms with Crippen molar-refractivity contribution in [2.45, 2.75) is 32.6 Å². The van der Waals surface area contributed by atoms with E-state index in [-0.39, 0.29) is 42.0 Å². The zero-order chi connectivity index (χ0) is 15.8. The highest BCUT2D eigenvalue weighted by molar-refractivity contribution is 8.00. The van der Waals surface area contributed by atoms with Crippen LogP contribution in [0.1, 0.15) is 26.3 Å². The van der Waals surface area contributed by atoms with Crippen molar-refractivity contribution < 1.29 is 14.3 Å². The first kappa shape index (κ1) is 18.0. The Labute approximate surface area is 130 Å². The Morgan fingerprint density at radius 2 is 2.00 bits per heavy atom. The molecule has 0 saturated heterocycles. The van der Waals surface area contributed by atoms with Crippen molar-refractivity contribution in [3.05, 3.63) is 35.6 Å². The molecule has 2 N–H and O–H groups in total. The zero-order valence-corrected chi connectivity index (χ0v) is 13.6. The van der Waals surface area contributed by atoms with Gasteiger partial charge in [-0.2, -0.15) is 0 Å². The number of thioether (sulfide) groups is 1. The minimum Gasteiger partial charge on any atom is -0.396 e. The van der Waals surface area contributed by atoms with Crippen molar-refractivity contribution >= 4 is 17.7 Å². The number of aliphatic hydroxyl groups is 1. The quantitative estimate of drug-likeness (QED) is 0.776. The number of nitrogens with one attached hydrogen (secondary N) is 1. The van der Waals surface area contributed by atoms with E-state index in [2.05, 4.69) is 5.32 Å². The van der Waals surface area contributed by atoms with Gasteiger partial charge >= 0.3 is 0 Å². The van der Waals surface area contributed by atoms with Crippen LogP contribution in [0, 0.1) is 17.7 Å². The smallest absolute Gasteiger partial charge is 0.233 e. The van der Waals surface area contributed by atoms with E-state index in [1.807, 2.05) is 20.8 Å². The maximum Gasteiger partial charge on any atom is 0.233 e. The second-order valence-corrected chi connectivity index (χ2v) is 6.77. The minimum atomic E-state index is -0.305. The summed E-state index contributed by atoms with van der Waals surface area (Å²) in [6.45, 7) is 6.25. The third-order valence-electron chi connectivity index (χ3n) is 3.15. The predicted molar refractivity (Wildman–Crippen MR) is 85.6 cm³/mol. The molecule has 0 aliphatic rings. The highest BCUT2D eigenvalue weighted by atomic mass is 32.2. The van der Waals surface area contributed by atoms with E-state index in [4.69, 9.17) is 5.11 Å². The molecule has 0 spiro atoms. The van der Waals surface area contributed by atoms with Gasteiger partial charge in [-0.25, -0.2) is 4.39 Å². The second-order valence-electron chi connectivity index (χ2n) is 5.59. The summed E-state index contributed by atoms with van der Waals surface area (Å²) in [6.07, 6.45) is 0. The molecule has 5 heteroatoms. The molecule has 21 heavy (non-hydrogen) atoms. The molecule has 2 atom stereocenters. The number of benzene rings is 1. The highest BCUT2D eigenvalue weighted by Crippen LogP contribution is 2.22. The van der Waals surface area contributed by atoms with Gasteiger partial charge in [0.15, 0.2) is 0 Å². The second kappa shape index (κ2) is 9.05. The van der Waals surface area contributed by atoms with Crippen molar-refractivity contribution in [2.24, 2.45) is 11.8 Å². The Morgan fingerprint density at radius 3 is 2.57 bits per heavy atom. The lowest BCUT2D eigenvalue weighted by Gasteiger charge is -2.21. The standard InChI is InChI=1S/C16H24FNO2S/c1-11(2)15(21-10-12(3)9-19)16(20)18-8-13-6-4-5-7-14(13)17/h4-7,11-12,15,19H,8-10H2,1-3H3,(H,18,20). The van der Waals surface area contributed by atoms with E-state index in [1.165, 1.54) is 6.07 Å². The number of rotatable bonds is 8. The molecule has 0 aliphatic heterocycles. The summed E-state index contributed by atoms with van der Waals surface area (Å²) in [7, 11) is 0. The maximum absolute atomic E-state index is 13.5. The van der Waals surface area contributed by atoms with Crippen molar-refractivity contribution in [1.29, 1.82) is 0 Å². The van der Waals surface area contributed by atoms with Crippen LogP contribution in [0.5, 0.6) is 0 Å². The van der Waals surface area contributed by atoms with Crippen molar-refractivity contribution in [2.75, 3.05) is 12.4 Å². The summed E-state index contributed by atoms with van der Waals surface area (Å²) in [5.74, 6) is 0.688. The molecule has 1 aromatic carbocycles. The van der Waals surface area contributed by atoms with Crippen LogP contribution in [-0.2, 0) is 11.3 Å². The fourth-order valence-electron chi connectivity index (χ4n) is 1.82. The summed E-state index contributed by atoms with van der Waals surface area (Å²) < 4.78 is 13.5. The van der Waals surface area contributed by atoms with E-state index in [0.717, 1.165) is 5.75 Å². The topological polar surface area (TPSA) is 49.3 Å². The summed E-state index contributed by atoms with van der Waals surface area (Å²) >= 11 is 1.54. The van der Waals surface area contributed by atoms with Crippen LogP contribution >= 0.6 is 11.8 Å². The van der Waals surface area contributed by atoms with Crippen LogP contribution in [0.15, 0.2) is 24.3 Å². The Bertz CT molecular complexity index is 454. The number of amides is 1. The number of carbonyl (C=O) groups excluding carboxylic acids is 1. The predicted octanol–water partition coefficient (Wildman–Crippen LogP) is 2.83. The number of hydrogen-bond acceptors (Lipinski definition) is 3. The molecule has 0 saturated carbocycles. The summed E-state index contributed by atoms with van der Waals surface area (Å²) in [5, 5.41) is 11.7. The Morgan fingerprint density at radius 1 is 1.33 bits per heavy atom. The molecule has 0 bridgehead atoms. The van der Waals surface area contributed by atoms with E-state index < -0.39 is 0 Å². The lowest BCUT2D eigenvalue weighted by Crippen LogP contribution is -2.36. The van der Waals surface area contributed by atoms with Crippen molar-refractivity contribution in [3.63, 3.8) is 0 Å². The molecule has 0 fully saturated rings. The molecule has 2 unspecified atom stereocenters. The lowest BCUT2D eigenvalue weighted by atomic mass is 10.1. The zero-order valence-electron chi connectivity index (χ0n) is 12.8. The largest absolute Gasteiger partial charge is 0.396 e. The summed E-state index contributed by atoms with van der Waals surface area (Å²) in [5.41, 5.74) is 0.488. The van der Waals surface area contributed by atoms with Gasteiger partial charge in [0.1, 0.15) is 5.82 Å². The number of hydrogen-bond donors (Lipinski definition) is 2. The van der Waals surface area contributed by atoms with Crippen LogP contribution in [-0.4, -0.2) is 28.6 Å². The third kappa shape index (κ3) is 6.06. The van der Waals surface area contributed by atoms with Gasteiger partial charge in [0.2, 0.25) is 5.91 Å². The molecule has 3 nitrogen and oxygen atoms in total. The molecule has 0 radical (unpaired) electrons. The van der Waals surface area contributed by atoms with Crippen LogP contribution < -0.4 is 5.32 Å². The van der Waals surface area contributed by atoms with Crippen LogP contribution in [0.3, 0.4) is 0 Å². The number of halogens is 1. The molecule has 118 valence electrons. The van der Waals surface area contributed by atoms with Crippen molar-refractivity contribution in [3.8, 4) is 0 Å². The van der Waals surface area contributed by atoms with Gasteiger partial charge in [0.05, 0.1) is 5.25 Å². The first-order valence-electron chi connectivity index (χ1n) is 7.19. The van der Waals surface area contributed by atoms with E-state index in [1.54, 1.807) is 30.0 Å². The fourth-order valence-corrected chi connectivity index (χ4v) is 3.08. The van der Waals surface area contributed by atoms with Crippen LogP contribution in [0.2, 0.25) is 0 Å². The first-order chi connectivity index (χ1) is 9.95. The van der Waals surface area contributed by atoms with Gasteiger partial charge in [-0.1, -0.05) is 39.0 Å². The molecular formula is C16H24FNO2S. The Kier molecular flexibility index (Phi) is 7.75. The average Bonchev–Trinajstić information content (AvgIpc) is 2.45. The number of aliphatic hydroxyl groups excluding tert-OH is 1. The third-order valence-corrected chi connectivity index (χ3v) is 5.03. The molecule has 0 heterocycles. The van der Waals surface area contributed by atoms with Crippen LogP contribution in [0.25, 0.3) is 0 Å². The fraction of sp³-hybridized carbons (Fsp3) is 0.562. The lowest BCUT2D eigenvalue weighted by molar-refractivity contribution is -0.121. The average molecular weight is 313 g/mol. The summed E-state index contributed by atoms with van der Waals surface area (Å²) in [4.78, 5) is 12.3. The van der Waals surface area contributed by atoms with Crippen molar-refractivity contribution in [1.82, 2.24) is 5.32 Å². The Hall–Kier alpha value is -1.07. The molecule has 1 rings (SSSR count). The monoisotopic (exact) mass is 313 g/mol. The Balaban J connectivity index is 2.55. The van der Waals surface area contributed by atoms with E-state index in [9.17, 15) is 9.18 Å². The maximum atomic E-state index is 13.5. The minimum absolute atomic E-state index is 0.0802. The van der Waals surface area contributed by atoms with Gasteiger partial charge in [-0.3, -0.25) is 4.79 Å². The normalized spacial score (nSPS) is 14.0. The molecule has 1 aromatic rings. The molecule has 0 aliphatic carbocycles. The van der Waals surface area contributed by atoms with E-state index >= 15 is 0 Å². The molecular weight excluding hydrogens is 289 g/mol. The van der Waals surface area contributed by atoms with E-state index in [0.29, 0.717) is 5.56 Å². The number of carbonyl (C=O) groups is 1. The van der Waals surface area contributed by atoms with Gasteiger partial charge < -0.3 is 10.4 Å². The van der Waals surface area contributed by atoms with Crippen LogP contribution in [0.4, 0.5) is 4.39 Å². The molecule has 0 aromatic heterocycles. The highest BCUT2D eigenvalue weighted by Gasteiger charge is 2.23. The van der Waals surface area contributed by atoms with Gasteiger partial charge in [0.25, 0.3) is 0 Å². The first-order valence-corrected chi connectivity index (χ1v) is 8.24. The van der Waals surface area contributed by atoms with Gasteiger partial charge in [-0.05, 0) is 23.7 Å². The SMILES string of the molecule is CC(CO)CSC(C(=O)NCc1ccccc1F)C(C)C. The summed E-state index contributed by atoms with van der Waals surface area (Å²) in [6, 6.07) is 6.44. The molecule has 1 amide bonds.